The molecule has 10 nitrogen and oxygen atoms in total. The summed E-state index contributed by atoms with van der Waals surface area (Å²) >= 11 is 0. The van der Waals surface area contributed by atoms with Gasteiger partial charge >= 0.3 is 5.97 Å². The number of ether oxygens (including phenoxy) is 3. The number of aromatic nitrogens is 1. The molecule has 1 saturated carbocycles. The van der Waals surface area contributed by atoms with Crippen LogP contribution in [0.4, 0.5) is 10.1 Å². The van der Waals surface area contributed by atoms with Gasteiger partial charge in [-0.05, 0) is 74.3 Å². The molecule has 11 heteroatoms. The standard InChI is InChI=1S/C37H49FN4O6/c1-41-32-14-13-29(23-28(32)24-33(41)37(45)48-20-6-19-47-22-21-46-2)40-35(43)34-30(25-7-4-3-5-8-25)16-18-42(34)36(44)27-11-9-26(10-12-27)31(39)15-17-38/h3-5,7-8,13-14,23-24,26-27,30-31,34H,6,9-12,15-22,39H2,1-2H3,(H,40,43)/t26-,27-,30-,31-,34+/m1/s1. The number of hydrogen-bond donors (Lipinski definition) is 2. The van der Waals surface area contributed by atoms with Crippen molar-refractivity contribution in [1.29, 1.82) is 0 Å². The Kier molecular flexibility index (Phi) is 12.6. The van der Waals surface area contributed by atoms with Gasteiger partial charge in [0.1, 0.15) is 11.7 Å². The molecule has 0 spiro atoms. The zero-order valence-electron chi connectivity index (χ0n) is 28.1. The number of nitrogens with two attached hydrogens (primary N) is 1. The Balaban J connectivity index is 1.27. The Morgan fingerprint density at radius 2 is 1.75 bits per heavy atom. The highest BCUT2D eigenvalue weighted by Crippen LogP contribution is 2.38. The maximum atomic E-state index is 14.1. The number of carbonyl (C=O) groups is 3. The number of benzene rings is 2. The minimum absolute atomic E-state index is 0.00861. The Bertz CT molecular complexity index is 1520. The molecule has 0 bridgehead atoms. The zero-order valence-corrected chi connectivity index (χ0v) is 28.1. The molecule has 2 amide bonds. The van der Waals surface area contributed by atoms with Gasteiger partial charge in [-0.2, -0.15) is 0 Å². The molecule has 1 aliphatic heterocycles. The average Bonchev–Trinajstić information content (AvgIpc) is 3.69. The molecule has 0 radical (unpaired) electrons. The number of alkyl halides is 1. The van der Waals surface area contributed by atoms with Crippen LogP contribution < -0.4 is 11.1 Å². The number of likely N-dealkylation sites (tertiary alicyclic amines) is 1. The number of methoxy groups -OCH3 is 1. The van der Waals surface area contributed by atoms with Crippen LogP contribution in [0.3, 0.4) is 0 Å². The lowest BCUT2D eigenvalue weighted by Crippen LogP contribution is -2.48. The normalized spacial score (nSPS) is 21.7. The number of amides is 2. The number of fused-ring (bicyclic) bond motifs is 1. The summed E-state index contributed by atoms with van der Waals surface area (Å²) in [5.41, 5.74) is 9.04. The minimum Gasteiger partial charge on any atom is -0.461 e. The molecule has 2 aliphatic rings. The average molecular weight is 665 g/mol. The number of nitrogens with one attached hydrogen (secondary N) is 1. The molecule has 48 heavy (non-hydrogen) atoms. The van der Waals surface area contributed by atoms with E-state index in [1.54, 1.807) is 29.7 Å². The molecule has 3 N–H and O–H groups in total. The highest BCUT2D eigenvalue weighted by molar-refractivity contribution is 6.01. The second kappa shape index (κ2) is 17.0. The van der Waals surface area contributed by atoms with E-state index in [2.05, 4.69) is 5.32 Å². The van der Waals surface area contributed by atoms with Crippen molar-refractivity contribution in [3.63, 3.8) is 0 Å². The monoisotopic (exact) mass is 664 g/mol. The first-order valence-corrected chi connectivity index (χ1v) is 17.1. The van der Waals surface area contributed by atoms with Crippen LogP contribution in [0.2, 0.25) is 0 Å². The molecule has 260 valence electrons. The summed E-state index contributed by atoms with van der Waals surface area (Å²) in [5, 5.41) is 3.87. The van der Waals surface area contributed by atoms with Crippen molar-refractivity contribution in [3.05, 3.63) is 65.9 Å². The third-order valence-electron chi connectivity index (χ3n) is 9.96. The third kappa shape index (κ3) is 8.43. The summed E-state index contributed by atoms with van der Waals surface area (Å²) in [6.45, 7) is 1.80. The Morgan fingerprint density at radius 1 is 0.979 bits per heavy atom. The van der Waals surface area contributed by atoms with E-state index in [9.17, 15) is 18.8 Å². The first kappa shape index (κ1) is 35.5. The summed E-state index contributed by atoms with van der Waals surface area (Å²) in [5.74, 6) is -0.756. The molecular formula is C37H49FN4O6. The van der Waals surface area contributed by atoms with Crippen LogP contribution in [-0.4, -0.2) is 86.1 Å². The minimum atomic E-state index is -0.665. The number of halogens is 1. The number of aryl methyl sites for hydroxylation is 1. The number of anilines is 1. The van der Waals surface area contributed by atoms with E-state index >= 15 is 0 Å². The van der Waals surface area contributed by atoms with Crippen LogP contribution in [0.5, 0.6) is 0 Å². The van der Waals surface area contributed by atoms with Crippen LogP contribution in [0.15, 0.2) is 54.6 Å². The second-order valence-corrected chi connectivity index (χ2v) is 13.0. The fraction of sp³-hybridized carbons (Fsp3) is 0.541. The van der Waals surface area contributed by atoms with Crippen LogP contribution in [0.1, 0.15) is 66.9 Å². The molecular weight excluding hydrogens is 615 g/mol. The van der Waals surface area contributed by atoms with E-state index in [0.29, 0.717) is 69.9 Å². The topological polar surface area (TPSA) is 125 Å². The van der Waals surface area contributed by atoms with Crippen LogP contribution in [-0.2, 0) is 30.8 Å². The largest absolute Gasteiger partial charge is 0.461 e. The van der Waals surface area contributed by atoms with Gasteiger partial charge in [0.25, 0.3) is 0 Å². The van der Waals surface area contributed by atoms with E-state index in [-0.39, 0.29) is 42.2 Å². The van der Waals surface area contributed by atoms with Gasteiger partial charge in [-0.15, -0.1) is 0 Å². The molecule has 5 rings (SSSR count). The molecule has 2 aromatic carbocycles. The number of nitrogens with zero attached hydrogens (tertiary/aromatic N) is 2. The molecule has 2 heterocycles. The number of esters is 1. The van der Waals surface area contributed by atoms with E-state index in [0.717, 1.165) is 29.3 Å². The third-order valence-corrected chi connectivity index (χ3v) is 9.96. The Morgan fingerprint density at radius 3 is 2.48 bits per heavy atom. The summed E-state index contributed by atoms with van der Waals surface area (Å²) in [6.07, 6.45) is 4.59. The molecule has 3 atom stereocenters. The Hall–Kier alpha value is -3.80. The van der Waals surface area contributed by atoms with Crippen molar-refractivity contribution in [2.24, 2.45) is 24.6 Å². The van der Waals surface area contributed by atoms with Crippen molar-refractivity contribution in [3.8, 4) is 0 Å². The van der Waals surface area contributed by atoms with Gasteiger partial charge in [-0.1, -0.05) is 30.3 Å². The van der Waals surface area contributed by atoms with Crippen LogP contribution in [0, 0.1) is 11.8 Å². The maximum Gasteiger partial charge on any atom is 0.354 e. The smallest absolute Gasteiger partial charge is 0.354 e. The van der Waals surface area contributed by atoms with Crippen molar-refractivity contribution in [1.82, 2.24) is 9.47 Å². The van der Waals surface area contributed by atoms with Crippen molar-refractivity contribution in [2.75, 3.05) is 52.1 Å². The first-order chi connectivity index (χ1) is 23.3. The van der Waals surface area contributed by atoms with Gasteiger partial charge in [0, 0.05) is 68.2 Å². The summed E-state index contributed by atoms with van der Waals surface area (Å²) < 4.78 is 30.5. The van der Waals surface area contributed by atoms with Crippen molar-refractivity contribution < 1.29 is 33.0 Å². The highest BCUT2D eigenvalue weighted by Gasteiger charge is 2.44. The number of rotatable bonds is 15. The first-order valence-electron chi connectivity index (χ1n) is 17.1. The fourth-order valence-corrected chi connectivity index (χ4v) is 7.29. The quantitative estimate of drug-likeness (QED) is 0.169. The summed E-state index contributed by atoms with van der Waals surface area (Å²) in [7, 11) is 3.42. The lowest BCUT2D eigenvalue weighted by molar-refractivity contribution is -0.141. The van der Waals surface area contributed by atoms with Gasteiger partial charge in [-0.3, -0.25) is 14.0 Å². The number of carbonyl (C=O) groups excluding carboxylic acids is 3. The lowest BCUT2D eigenvalue weighted by Gasteiger charge is -2.35. The Labute approximate surface area is 282 Å². The molecule has 1 aromatic heterocycles. The van der Waals surface area contributed by atoms with E-state index < -0.39 is 18.7 Å². The predicted octanol–water partition coefficient (Wildman–Crippen LogP) is 5.20. The number of hydrogen-bond acceptors (Lipinski definition) is 7. The van der Waals surface area contributed by atoms with E-state index in [1.807, 2.05) is 48.5 Å². The molecule has 2 fully saturated rings. The van der Waals surface area contributed by atoms with E-state index in [1.165, 1.54) is 0 Å². The molecule has 1 aliphatic carbocycles. The van der Waals surface area contributed by atoms with Gasteiger partial charge in [-0.25, -0.2) is 4.79 Å². The van der Waals surface area contributed by atoms with Gasteiger partial charge < -0.3 is 34.7 Å². The highest BCUT2D eigenvalue weighted by atomic mass is 19.1. The van der Waals surface area contributed by atoms with E-state index in [4.69, 9.17) is 19.9 Å². The molecule has 0 unspecified atom stereocenters. The van der Waals surface area contributed by atoms with Gasteiger partial charge in [0.2, 0.25) is 11.8 Å². The molecule has 3 aromatic rings. The summed E-state index contributed by atoms with van der Waals surface area (Å²) in [4.78, 5) is 42.7. The van der Waals surface area contributed by atoms with Crippen LogP contribution in [0.25, 0.3) is 10.9 Å². The van der Waals surface area contributed by atoms with Gasteiger partial charge in [0.15, 0.2) is 0 Å². The summed E-state index contributed by atoms with van der Waals surface area (Å²) in [6, 6.07) is 16.3. The van der Waals surface area contributed by atoms with Crippen molar-refractivity contribution >= 4 is 34.4 Å². The SMILES string of the molecule is COCCOCCCOC(=O)c1cc2cc(NC(=O)[C@@H]3[C@@H](c4ccccc4)CCN3C(=O)[C@H]3CC[C@H]([C@H](N)CCF)CC3)ccc2n1C. The molecule has 1 saturated heterocycles. The van der Waals surface area contributed by atoms with Gasteiger partial charge in [0.05, 0.1) is 26.5 Å². The fourth-order valence-electron chi connectivity index (χ4n) is 7.29. The van der Waals surface area contributed by atoms with Crippen molar-refractivity contribution in [2.45, 2.75) is 62.9 Å². The second-order valence-electron chi connectivity index (χ2n) is 13.0. The predicted molar refractivity (Wildman–Crippen MR) is 182 cm³/mol. The maximum absolute atomic E-state index is 14.1. The van der Waals surface area contributed by atoms with Crippen LogP contribution >= 0.6 is 0 Å². The zero-order chi connectivity index (χ0) is 34.0. The lowest BCUT2D eigenvalue weighted by atomic mass is 9.77.